The van der Waals surface area contributed by atoms with E-state index < -0.39 is 10.8 Å². The average Bonchev–Trinajstić information content (AvgIpc) is 2.51. The van der Waals surface area contributed by atoms with Crippen molar-refractivity contribution in [2.75, 3.05) is 6.61 Å². The van der Waals surface area contributed by atoms with Gasteiger partial charge in [0.15, 0.2) is 0 Å². The summed E-state index contributed by atoms with van der Waals surface area (Å²) < 4.78 is 1.28. The fourth-order valence-corrected chi connectivity index (χ4v) is 1.43. The van der Waals surface area contributed by atoms with Crippen LogP contribution in [0.2, 0.25) is 0 Å². The van der Waals surface area contributed by atoms with E-state index in [4.69, 9.17) is 4.84 Å². The first-order chi connectivity index (χ1) is 7.97. The monoisotopic (exact) mass is 242 g/mol. The van der Waals surface area contributed by atoms with Crippen molar-refractivity contribution in [3.8, 4) is 0 Å². The summed E-state index contributed by atoms with van der Waals surface area (Å²) in [6.45, 7) is 5.05. The van der Waals surface area contributed by atoms with Crippen LogP contribution in [0.15, 0.2) is 0 Å². The lowest BCUT2D eigenvalue weighted by atomic mass is 10.3. The number of hydrogen-bond donors (Lipinski definition) is 1. The van der Waals surface area contributed by atoms with E-state index in [0.717, 1.165) is 0 Å². The van der Waals surface area contributed by atoms with Crippen LogP contribution >= 0.6 is 0 Å². The zero-order chi connectivity index (χ0) is 13.0. The molecule has 0 atom stereocenters. The second kappa shape index (κ2) is 5.39. The third-order valence-electron chi connectivity index (χ3n) is 2.15. The third kappa shape index (κ3) is 3.00. The van der Waals surface area contributed by atoms with E-state index in [1.807, 2.05) is 0 Å². The molecule has 0 fully saturated rings. The van der Waals surface area contributed by atoms with Crippen molar-refractivity contribution < 1.29 is 14.6 Å². The highest BCUT2D eigenvalue weighted by Gasteiger charge is 2.22. The van der Waals surface area contributed by atoms with Gasteiger partial charge in [-0.3, -0.25) is 24.4 Å². The number of carbonyl (C=O) groups excluding carboxylic acids is 1. The lowest BCUT2D eigenvalue weighted by Gasteiger charge is -2.04. The van der Waals surface area contributed by atoms with Gasteiger partial charge in [-0.2, -0.15) is 5.10 Å². The van der Waals surface area contributed by atoms with E-state index in [9.17, 15) is 14.9 Å². The van der Waals surface area contributed by atoms with Gasteiger partial charge in [-0.25, -0.2) is 5.48 Å². The largest absolute Gasteiger partial charge is 0.312 e. The predicted molar refractivity (Wildman–Crippen MR) is 58.1 cm³/mol. The number of aromatic nitrogens is 2. The van der Waals surface area contributed by atoms with Gasteiger partial charge in [0.2, 0.25) is 0 Å². The topological polar surface area (TPSA) is 99.3 Å². The van der Waals surface area contributed by atoms with Gasteiger partial charge >= 0.3 is 5.69 Å². The quantitative estimate of drug-likeness (QED) is 0.597. The van der Waals surface area contributed by atoms with Gasteiger partial charge in [0, 0.05) is 0 Å². The maximum Gasteiger partial charge on any atom is 0.312 e. The van der Waals surface area contributed by atoms with Crippen molar-refractivity contribution >= 4 is 11.6 Å². The minimum atomic E-state index is -0.505. The van der Waals surface area contributed by atoms with Crippen LogP contribution < -0.4 is 5.48 Å². The maximum absolute atomic E-state index is 11.3. The molecular formula is C9H14N4O4. The highest BCUT2D eigenvalue weighted by molar-refractivity contribution is 5.74. The number of nitrogens with zero attached hydrogens (tertiary/aromatic N) is 3. The van der Waals surface area contributed by atoms with Crippen molar-refractivity contribution in [3.05, 3.63) is 21.5 Å². The number of aryl methyl sites for hydroxylation is 1. The fraction of sp³-hybridized carbons (Fsp3) is 0.556. The summed E-state index contributed by atoms with van der Waals surface area (Å²) in [6, 6.07) is 0. The van der Waals surface area contributed by atoms with Gasteiger partial charge in [0.05, 0.1) is 11.5 Å². The Morgan fingerprint density at radius 3 is 2.71 bits per heavy atom. The van der Waals surface area contributed by atoms with Gasteiger partial charge in [-0.1, -0.05) is 0 Å². The zero-order valence-electron chi connectivity index (χ0n) is 9.89. The number of carbonyl (C=O) groups is 1. The molecular weight excluding hydrogens is 228 g/mol. The number of rotatable bonds is 5. The van der Waals surface area contributed by atoms with Gasteiger partial charge in [-0.15, -0.1) is 0 Å². The Morgan fingerprint density at radius 1 is 1.59 bits per heavy atom. The number of hydroxylamine groups is 1. The number of nitrogens with one attached hydrogen (secondary N) is 1. The molecule has 94 valence electrons. The summed E-state index contributed by atoms with van der Waals surface area (Å²) in [7, 11) is 0. The van der Waals surface area contributed by atoms with Crippen LogP contribution in [-0.4, -0.2) is 27.2 Å². The van der Waals surface area contributed by atoms with Crippen molar-refractivity contribution in [2.45, 2.75) is 27.3 Å². The van der Waals surface area contributed by atoms with E-state index in [2.05, 4.69) is 10.6 Å². The Morgan fingerprint density at radius 2 is 2.24 bits per heavy atom. The molecule has 8 nitrogen and oxygen atoms in total. The molecule has 1 rings (SSSR count). The van der Waals surface area contributed by atoms with E-state index >= 15 is 0 Å². The second-order valence-electron chi connectivity index (χ2n) is 3.39. The van der Waals surface area contributed by atoms with Crippen LogP contribution in [0.4, 0.5) is 5.69 Å². The van der Waals surface area contributed by atoms with Gasteiger partial charge in [0.25, 0.3) is 5.91 Å². The minimum Gasteiger partial charge on any atom is -0.274 e. The molecule has 0 aliphatic rings. The highest BCUT2D eigenvalue weighted by Crippen LogP contribution is 2.21. The Hall–Kier alpha value is -1.96. The molecule has 1 amide bonds. The lowest BCUT2D eigenvalue weighted by molar-refractivity contribution is -0.386. The van der Waals surface area contributed by atoms with E-state index in [-0.39, 0.29) is 17.9 Å². The van der Waals surface area contributed by atoms with E-state index in [1.54, 1.807) is 13.8 Å². The van der Waals surface area contributed by atoms with Crippen LogP contribution in [-0.2, 0) is 16.2 Å². The first kappa shape index (κ1) is 13.1. The molecule has 17 heavy (non-hydrogen) atoms. The third-order valence-corrected chi connectivity index (χ3v) is 2.15. The molecule has 1 N–H and O–H groups in total. The Labute approximate surface area is 97.7 Å². The van der Waals surface area contributed by atoms with Crippen LogP contribution in [0.25, 0.3) is 0 Å². The predicted octanol–water partition coefficient (Wildman–Crippen LogP) is 0.476. The number of nitro groups is 1. The highest BCUT2D eigenvalue weighted by atomic mass is 16.6. The molecule has 1 aromatic rings. The molecule has 1 aromatic heterocycles. The molecule has 0 aromatic carbocycles. The molecule has 0 aliphatic carbocycles. The molecule has 0 saturated carbocycles. The van der Waals surface area contributed by atoms with Crippen LogP contribution in [0, 0.1) is 24.0 Å². The standard InChI is InChI=1S/C9H14N4O4/c1-4-17-11-8(14)5-12-7(3)9(13(15)16)6(2)10-12/h4-5H2,1-3H3,(H,11,14). The molecule has 1 heterocycles. The van der Waals surface area contributed by atoms with Crippen molar-refractivity contribution in [1.29, 1.82) is 0 Å². The molecule has 8 heteroatoms. The molecule has 0 aliphatic heterocycles. The number of hydrogen-bond acceptors (Lipinski definition) is 5. The average molecular weight is 242 g/mol. The van der Waals surface area contributed by atoms with Crippen LogP contribution in [0.1, 0.15) is 18.3 Å². The first-order valence-electron chi connectivity index (χ1n) is 5.06. The van der Waals surface area contributed by atoms with Gasteiger partial charge < -0.3 is 0 Å². The summed E-state index contributed by atoms with van der Waals surface area (Å²) in [4.78, 5) is 26.3. The Bertz CT molecular complexity index is 440. The van der Waals surface area contributed by atoms with Crippen molar-refractivity contribution in [2.24, 2.45) is 0 Å². The summed E-state index contributed by atoms with van der Waals surface area (Å²) >= 11 is 0. The molecule has 0 radical (unpaired) electrons. The maximum atomic E-state index is 11.3. The SMILES string of the molecule is CCONC(=O)Cn1nc(C)c([N+](=O)[O-])c1C. The normalized spacial score (nSPS) is 10.3. The molecule has 0 spiro atoms. The summed E-state index contributed by atoms with van der Waals surface area (Å²) in [6.07, 6.45) is 0. The van der Waals surface area contributed by atoms with Crippen LogP contribution in [0.3, 0.4) is 0 Å². The van der Waals surface area contributed by atoms with Crippen molar-refractivity contribution in [3.63, 3.8) is 0 Å². The van der Waals surface area contributed by atoms with Gasteiger partial charge in [0.1, 0.15) is 17.9 Å². The van der Waals surface area contributed by atoms with Gasteiger partial charge in [-0.05, 0) is 20.8 Å². The summed E-state index contributed by atoms with van der Waals surface area (Å²) in [5, 5.41) is 14.7. The zero-order valence-corrected chi connectivity index (χ0v) is 9.89. The van der Waals surface area contributed by atoms with E-state index in [0.29, 0.717) is 12.3 Å². The fourth-order valence-electron chi connectivity index (χ4n) is 1.43. The Kier molecular flexibility index (Phi) is 4.16. The summed E-state index contributed by atoms with van der Waals surface area (Å²) in [5.74, 6) is -0.410. The summed E-state index contributed by atoms with van der Waals surface area (Å²) in [5.41, 5.74) is 2.77. The van der Waals surface area contributed by atoms with Crippen molar-refractivity contribution in [1.82, 2.24) is 15.3 Å². The molecule has 0 saturated heterocycles. The molecule has 0 unspecified atom stereocenters. The number of amides is 1. The smallest absolute Gasteiger partial charge is 0.274 e. The Balaban J connectivity index is 2.83. The second-order valence-corrected chi connectivity index (χ2v) is 3.39. The first-order valence-corrected chi connectivity index (χ1v) is 5.06. The van der Waals surface area contributed by atoms with Crippen LogP contribution in [0.5, 0.6) is 0 Å². The van der Waals surface area contributed by atoms with E-state index in [1.165, 1.54) is 11.6 Å². The minimum absolute atomic E-state index is 0.0609. The molecule has 0 bridgehead atoms. The lowest BCUT2D eigenvalue weighted by Crippen LogP contribution is -2.28.